The number of hydrogen-bond acceptors (Lipinski definition) is 13. The van der Waals surface area contributed by atoms with Crippen LogP contribution in [-0.4, -0.2) is 141 Å². The number of carbonyl (C=O) groups excluding carboxylic acids is 5. The maximum Gasteiger partial charge on any atom is 0.317 e. The van der Waals surface area contributed by atoms with Crippen molar-refractivity contribution in [2.45, 2.75) is 38.4 Å². The molecule has 322 valence electrons. The summed E-state index contributed by atoms with van der Waals surface area (Å²) in [6.07, 6.45) is 2.34. The molecule has 0 spiro atoms. The van der Waals surface area contributed by atoms with Crippen molar-refractivity contribution in [3.63, 3.8) is 0 Å². The predicted octanol–water partition coefficient (Wildman–Crippen LogP) is 1.45. The Morgan fingerprint density at radius 3 is 2.23 bits per heavy atom. The number of amides is 6. The standard InChI is InChI=1S/C40H49N7O10.CH2O2/c1-44(2)21-29-32(54-4)19-24(20-33(29)55-5)27-22-45(3)37(50)25-11-14-46(23-28(25)27)40(53)42-13-16-57-18-17-56-15-12-41-30-8-6-7-26-35(30)39(52)47(38(26)51)31-9-10-34(48)43-36(31)49;2-1-3/h6-8,19-20,22,31,41H,9-18,21,23H2,1-5H3,(H,42,53)(H,43,48,49);1H,(H,2,3). The van der Waals surface area contributed by atoms with Gasteiger partial charge in [-0.05, 0) is 62.3 Å². The van der Waals surface area contributed by atoms with Gasteiger partial charge in [0.05, 0.1) is 57.3 Å². The number of anilines is 1. The first-order valence-electron chi connectivity index (χ1n) is 19.3. The number of nitrogens with one attached hydrogen (secondary N) is 3. The largest absolute Gasteiger partial charge is 0.496 e. The molecule has 2 aromatic carbocycles. The van der Waals surface area contributed by atoms with Crippen LogP contribution in [0.5, 0.6) is 11.5 Å². The second-order valence-electron chi connectivity index (χ2n) is 14.3. The number of methoxy groups -OCH3 is 2. The number of benzene rings is 2. The molecule has 0 aliphatic carbocycles. The molecule has 1 unspecified atom stereocenters. The average molecular weight is 834 g/mol. The van der Waals surface area contributed by atoms with Crippen molar-refractivity contribution in [2.24, 2.45) is 7.05 Å². The number of aromatic nitrogens is 1. The van der Waals surface area contributed by atoms with Gasteiger partial charge in [0.25, 0.3) is 23.8 Å². The number of urea groups is 1. The Labute approximate surface area is 346 Å². The van der Waals surface area contributed by atoms with E-state index in [1.54, 1.807) is 49.1 Å². The van der Waals surface area contributed by atoms with Crippen LogP contribution in [0, 0.1) is 0 Å². The van der Waals surface area contributed by atoms with Gasteiger partial charge in [-0.3, -0.25) is 39.0 Å². The van der Waals surface area contributed by atoms with Gasteiger partial charge in [-0.15, -0.1) is 0 Å². The number of fused-ring (bicyclic) bond motifs is 2. The summed E-state index contributed by atoms with van der Waals surface area (Å²) in [6.45, 7) is 2.74. The van der Waals surface area contributed by atoms with Crippen molar-refractivity contribution >= 4 is 41.8 Å². The topological polar surface area (TPSA) is 227 Å². The zero-order valence-electron chi connectivity index (χ0n) is 34.3. The molecule has 19 heteroatoms. The summed E-state index contributed by atoms with van der Waals surface area (Å²) < 4.78 is 24.4. The zero-order chi connectivity index (χ0) is 43.5. The van der Waals surface area contributed by atoms with E-state index in [2.05, 4.69) is 16.0 Å². The predicted molar refractivity (Wildman–Crippen MR) is 217 cm³/mol. The van der Waals surface area contributed by atoms with Crippen LogP contribution in [0.1, 0.15) is 50.2 Å². The fourth-order valence-electron chi connectivity index (χ4n) is 7.41. The minimum absolute atomic E-state index is 0.0471. The van der Waals surface area contributed by atoms with E-state index >= 15 is 0 Å². The average Bonchev–Trinajstić information content (AvgIpc) is 3.48. The number of nitrogens with zero attached hydrogens (tertiary/aromatic N) is 4. The van der Waals surface area contributed by atoms with Crippen LogP contribution < -0.4 is 31.0 Å². The molecule has 1 fully saturated rings. The van der Waals surface area contributed by atoms with E-state index in [0.717, 1.165) is 27.2 Å². The molecule has 1 saturated heterocycles. The van der Waals surface area contributed by atoms with Gasteiger partial charge < -0.3 is 49.1 Å². The lowest BCUT2D eigenvalue weighted by molar-refractivity contribution is -0.136. The van der Waals surface area contributed by atoms with Crippen LogP contribution in [0.2, 0.25) is 0 Å². The molecule has 4 N–H and O–H groups in total. The van der Waals surface area contributed by atoms with Crippen LogP contribution in [0.25, 0.3) is 11.1 Å². The number of hydrogen-bond donors (Lipinski definition) is 4. The number of rotatable bonds is 16. The fourth-order valence-corrected chi connectivity index (χ4v) is 7.41. The summed E-state index contributed by atoms with van der Waals surface area (Å²) >= 11 is 0. The number of carbonyl (C=O) groups is 6. The Morgan fingerprint density at radius 1 is 0.933 bits per heavy atom. The molecule has 6 rings (SSSR count). The van der Waals surface area contributed by atoms with E-state index in [1.165, 1.54) is 6.07 Å². The molecule has 0 bridgehead atoms. The highest BCUT2D eigenvalue weighted by Gasteiger charge is 2.45. The van der Waals surface area contributed by atoms with E-state index in [4.69, 9.17) is 28.8 Å². The molecule has 0 radical (unpaired) electrons. The molecule has 3 aliphatic heterocycles. The molecular weight excluding hydrogens is 782 g/mol. The van der Waals surface area contributed by atoms with Crippen LogP contribution in [-0.2, 0) is 50.4 Å². The molecule has 6 amide bonds. The van der Waals surface area contributed by atoms with Crippen LogP contribution in [0.15, 0.2) is 41.3 Å². The maximum atomic E-state index is 13.3. The van der Waals surface area contributed by atoms with Gasteiger partial charge in [-0.25, -0.2) is 4.79 Å². The van der Waals surface area contributed by atoms with E-state index < -0.39 is 29.7 Å². The Morgan fingerprint density at radius 2 is 1.60 bits per heavy atom. The first-order valence-corrected chi connectivity index (χ1v) is 19.3. The number of pyridine rings is 1. The highest BCUT2D eigenvalue weighted by Crippen LogP contribution is 2.38. The van der Waals surface area contributed by atoms with Crippen molar-refractivity contribution in [2.75, 3.05) is 79.7 Å². The molecule has 3 aliphatic rings. The quantitative estimate of drug-likeness (QED) is 0.0911. The summed E-state index contributed by atoms with van der Waals surface area (Å²) in [4.78, 5) is 89.7. The first-order chi connectivity index (χ1) is 28.8. The van der Waals surface area contributed by atoms with Crippen molar-refractivity contribution in [1.82, 2.24) is 29.9 Å². The van der Waals surface area contributed by atoms with E-state index in [1.807, 2.05) is 31.1 Å². The molecule has 0 saturated carbocycles. The second kappa shape index (κ2) is 20.6. The van der Waals surface area contributed by atoms with Crippen molar-refractivity contribution in [1.29, 1.82) is 0 Å². The third-order valence-corrected chi connectivity index (χ3v) is 10.2. The van der Waals surface area contributed by atoms with Gasteiger partial charge in [0.2, 0.25) is 11.8 Å². The highest BCUT2D eigenvalue weighted by atomic mass is 16.5. The first kappa shape index (κ1) is 44.8. The highest BCUT2D eigenvalue weighted by molar-refractivity contribution is 6.25. The summed E-state index contributed by atoms with van der Waals surface area (Å²) in [6, 6.07) is 7.46. The van der Waals surface area contributed by atoms with Gasteiger partial charge >= 0.3 is 6.03 Å². The van der Waals surface area contributed by atoms with Crippen molar-refractivity contribution in [3.8, 4) is 22.6 Å². The van der Waals surface area contributed by atoms with Crippen LogP contribution in [0.3, 0.4) is 0 Å². The normalized spacial score (nSPS) is 15.8. The lowest BCUT2D eigenvalue weighted by atomic mass is 9.92. The van der Waals surface area contributed by atoms with Gasteiger partial charge in [-0.2, -0.15) is 0 Å². The van der Waals surface area contributed by atoms with Gasteiger partial charge in [0.1, 0.15) is 17.5 Å². The Kier molecular flexibility index (Phi) is 15.4. The third kappa shape index (κ3) is 10.1. The van der Waals surface area contributed by atoms with Crippen molar-refractivity contribution < 1.29 is 52.8 Å². The monoisotopic (exact) mass is 833 g/mol. The number of carboxylic acid groups (broad SMARTS) is 1. The van der Waals surface area contributed by atoms with Gasteiger partial charge in [-0.1, -0.05) is 6.07 Å². The molecule has 4 heterocycles. The van der Waals surface area contributed by atoms with E-state index in [9.17, 15) is 28.8 Å². The number of imide groups is 2. The maximum absolute atomic E-state index is 13.3. The molecule has 60 heavy (non-hydrogen) atoms. The van der Waals surface area contributed by atoms with Crippen LogP contribution >= 0.6 is 0 Å². The molecule has 1 aromatic heterocycles. The number of piperidine rings is 1. The second-order valence-corrected chi connectivity index (χ2v) is 14.3. The molecular formula is C41H51N7O12. The molecule has 1 atom stereocenters. The third-order valence-electron chi connectivity index (χ3n) is 10.2. The summed E-state index contributed by atoms with van der Waals surface area (Å²) in [5.74, 6) is -0.910. The smallest absolute Gasteiger partial charge is 0.317 e. The van der Waals surface area contributed by atoms with Gasteiger partial charge in [0.15, 0.2) is 0 Å². The number of aryl methyl sites for hydroxylation is 1. The summed E-state index contributed by atoms with van der Waals surface area (Å²) in [5.41, 5.74) is 4.76. The molecule has 19 nitrogen and oxygen atoms in total. The SMILES string of the molecule is COc1cc(-c2cn(C)c(=O)c3c2CN(C(=O)NCCOCCOCCNc2cccc4c2C(=O)N(C2CCC(=O)NC2=O)C4=O)CC3)cc(OC)c1CN(C)C.O=CO. The van der Waals surface area contributed by atoms with E-state index in [0.29, 0.717) is 48.8 Å². The van der Waals surface area contributed by atoms with Crippen molar-refractivity contribution in [3.05, 3.63) is 74.7 Å². The Hall–Kier alpha value is -6.31. The lowest BCUT2D eigenvalue weighted by Gasteiger charge is -2.31. The fraction of sp³-hybridized carbons (Fsp3) is 0.439. The summed E-state index contributed by atoms with van der Waals surface area (Å²) in [5, 5.41) is 15.1. The minimum Gasteiger partial charge on any atom is -0.496 e. The zero-order valence-corrected chi connectivity index (χ0v) is 34.3. The Balaban J connectivity index is 0.00000221. The summed E-state index contributed by atoms with van der Waals surface area (Å²) in [7, 11) is 8.90. The van der Waals surface area contributed by atoms with Crippen LogP contribution in [0.4, 0.5) is 10.5 Å². The lowest BCUT2D eigenvalue weighted by Crippen LogP contribution is -2.54. The van der Waals surface area contributed by atoms with E-state index in [-0.39, 0.29) is 81.5 Å². The minimum atomic E-state index is -1.04. The number of ether oxygens (including phenoxy) is 4. The van der Waals surface area contributed by atoms with Gasteiger partial charge in [0, 0.05) is 69.2 Å². The Bertz CT molecular complexity index is 2150. The molecule has 3 aromatic rings.